The molecule has 0 aromatic carbocycles. The number of nitrogens with zero attached hydrogens (tertiary/aromatic N) is 2. The molecule has 2 heterocycles. The van der Waals surface area contributed by atoms with Crippen molar-refractivity contribution in [2.75, 3.05) is 13.1 Å². The Labute approximate surface area is 77.7 Å². The van der Waals surface area contributed by atoms with Gasteiger partial charge in [-0.3, -0.25) is 14.9 Å². The third-order valence-corrected chi connectivity index (χ3v) is 2.74. The summed E-state index contributed by atoms with van der Waals surface area (Å²) in [5, 5.41) is 10.3. The average Bonchev–Trinajstić information content (AvgIpc) is 2.81. The molecule has 0 atom stereocenters. The lowest BCUT2D eigenvalue weighted by Gasteiger charge is -1.94. The first kappa shape index (κ1) is 8.18. The zero-order valence-electron chi connectivity index (χ0n) is 6.60. The van der Waals surface area contributed by atoms with Crippen molar-refractivity contribution in [1.82, 2.24) is 4.90 Å². The number of hydrogen-bond donors (Lipinski definition) is 0. The van der Waals surface area contributed by atoms with Gasteiger partial charge < -0.3 is 4.90 Å². The SMILES string of the molecule is O=C(c1ccc([N+](=O)[O-])s1)N1CC1. The van der Waals surface area contributed by atoms with Gasteiger partial charge in [-0.05, 0) is 6.07 Å². The predicted molar refractivity (Wildman–Crippen MR) is 46.9 cm³/mol. The van der Waals surface area contributed by atoms with Gasteiger partial charge in [-0.2, -0.15) is 0 Å². The van der Waals surface area contributed by atoms with Crippen LogP contribution in [0.4, 0.5) is 5.00 Å². The van der Waals surface area contributed by atoms with E-state index in [0.29, 0.717) is 4.88 Å². The standard InChI is InChI=1S/C7H6N2O3S/c10-7(8-3-4-8)5-1-2-6(13-5)9(11)12/h1-2H,3-4H2. The first-order valence-electron chi connectivity index (χ1n) is 3.72. The van der Waals surface area contributed by atoms with Crippen molar-refractivity contribution in [1.29, 1.82) is 0 Å². The van der Waals surface area contributed by atoms with Crippen molar-refractivity contribution in [3.63, 3.8) is 0 Å². The maximum absolute atomic E-state index is 11.4. The van der Waals surface area contributed by atoms with Crippen molar-refractivity contribution >= 4 is 22.2 Å². The molecule has 68 valence electrons. The van der Waals surface area contributed by atoms with Gasteiger partial charge in [0.15, 0.2) is 0 Å². The fourth-order valence-corrected chi connectivity index (χ4v) is 1.74. The minimum absolute atomic E-state index is 0.0187. The summed E-state index contributed by atoms with van der Waals surface area (Å²) >= 11 is 0.927. The summed E-state index contributed by atoms with van der Waals surface area (Å²) in [6.07, 6.45) is 0. The summed E-state index contributed by atoms with van der Waals surface area (Å²) < 4.78 is 0. The van der Waals surface area contributed by atoms with Gasteiger partial charge >= 0.3 is 5.00 Å². The number of nitro groups is 1. The van der Waals surface area contributed by atoms with E-state index in [1.807, 2.05) is 0 Å². The van der Waals surface area contributed by atoms with Crippen LogP contribution in [0.5, 0.6) is 0 Å². The normalized spacial score (nSPS) is 14.3. The van der Waals surface area contributed by atoms with E-state index in [1.165, 1.54) is 12.1 Å². The summed E-state index contributed by atoms with van der Waals surface area (Å²) in [6, 6.07) is 2.87. The second-order valence-corrected chi connectivity index (χ2v) is 3.75. The van der Waals surface area contributed by atoms with E-state index >= 15 is 0 Å². The molecular weight excluding hydrogens is 192 g/mol. The Balaban J connectivity index is 2.21. The van der Waals surface area contributed by atoms with Crippen LogP contribution in [0.1, 0.15) is 9.67 Å². The van der Waals surface area contributed by atoms with Crippen LogP contribution in [0.25, 0.3) is 0 Å². The van der Waals surface area contributed by atoms with E-state index < -0.39 is 4.92 Å². The molecule has 0 bridgehead atoms. The number of hydrogen-bond acceptors (Lipinski definition) is 4. The predicted octanol–water partition coefficient (Wildman–Crippen LogP) is 1.11. The zero-order chi connectivity index (χ0) is 9.42. The van der Waals surface area contributed by atoms with E-state index in [4.69, 9.17) is 0 Å². The zero-order valence-corrected chi connectivity index (χ0v) is 7.41. The largest absolute Gasteiger partial charge is 0.334 e. The molecule has 1 amide bonds. The van der Waals surface area contributed by atoms with Gasteiger partial charge in [0.05, 0.1) is 9.80 Å². The van der Waals surface area contributed by atoms with Gasteiger partial charge in [-0.1, -0.05) is 11.3 Å². The smallest absolute Gasteiger partial charge is 0.324 e. The number of carbonyl (C=O) groups excluding carboxylic acids is 1. The van der Waals surface area contributed by atoms with Gasteiger partial charge in [0.2, 0.25) is 0 Å². The van der Waals surface area contributed by atoms with Crippen LogP contribution in [-0.4, -0.2) is 28.8 Å². The van der Waals surface area contributed by atoms with Crippen LogP contribution < -0.4 is 0 Å². The molecular formula is C7H6N2O3S. The molecule has 0 saturated carbocycles. The summed E-state index contributed by atoms with van der Waals surface area (Å²) in [5.74, 6) is -0.0990. The molecule has 2 rings (SSSR count). The minimum Gasteiger partial charge on any atom is -0.334 e. The second kappa shape index (κ2) is 2.81. The molecule has 6 heteroatoms. The fraction of sp³-hybridized carbons (Fsp3) is 0.286. The molecule has 1 aliphatic rings. The van der Waals surface area contributed by atoms with Gasteiger partial charge in [0.25, 0.3) is 5.91 Å². The quantitative estimate of drug-likeness (QED) is 0.406. The lowest BCUT2D eigenvalue weighted by Crippen LogP contribution is -2.07. The summed E-state index contributed by atoms with van der Waals surface area (Å²) in [5.41, 5.74) is 0. The van der Waals surface area contributed by atoms with Crippen LogP contribution in [0.3, 0.4) is 0 Å². The molecule has 0 N–H and O–H groups in total. The average molecular weight is 198 g/mol. The van der Waals surface area contributed by atoms with E-state index in [1.54, 1.807) is 4.90 Å². The Morgan fingerprint density at radius 2 is 2.23 bits per heavy atom. The van der Waals surface area contributed by atoms with Crippen LogP contribution in [0.15, 0.2) is 12.1 Å². The summed E-state index contributed by atoms with van der Waals surface area (Å²) in [7, 11) is 0. The van der Waals surface area contributed by atoms with Crippen molar-refractivity contribution in [3.05, 3.63) is 27.1 Å². The van der Waals surface area contributed by atoms with Gasteiger partial charge in [-0.15, -0.1) is 0 Å². The van der Waals surface area contributed by atoms with E-state index in [0.717, 1.165) is 24.4 Å². The third kappa shape index (κ3) is 1.52. The van der Waals surface area contributed by atoms with E-state index in [9.17, 15) is 14.9 Å². The lowest BCUT2D eigenvalue weighted by molar-refractivity contribution is -0.380. The molecule has 1 saturated heterocycles. The molecule has 0 unspecified atom stereocenters. The molecule has 13 heavy (non-hydrogen) atoms. The second-order valence-electron chi connectivity index (χ2n) is 2.69. The molecule has 1 aromatic rings. The van der Waals surface area contributed by atoms with Crippen molar-refractivity contribution in [3.8, 4) is 0 Å². The molecule has 1 aromatic heterocycles. The monoisotopic (exact) mass is 198 g/mol. The van der Waals surface area contributed by atoms with Crippen molar-refractivity contribution in [2.24, 2.45) is 0 Å². The third-order valence-electron chi connectivity index (χ3n) is 1.72. The maximum atomic E-state index is 11.4. The Kier molecular flexibility index (Phi) is 1.77. The highest BCUT2D eigenvalue weighted by atomic mass is 32.1. The minimum atomic E-state index is -0.482. The highest BCUT2D eigenvalue weighted by Crippen LogP contribution is 2.26. The van der Waals surface area contributed by atoms with E-state index in [2.05, 4.69) is 0 Å². The first-order valence-corrected chi connectivity index (χ1v) is 4.53. The van der Waals surface area contributed by atoms with E-state index in [-0.39, 0.29) is 10.9 Å². The highest BCUT2D eigenvalue weighted by Gasteiger charge is 2.27. The van der Waals surface area contributed by atoms with Gasteiger partial charge in [0.1, 0.15) is 0 Å². The Morgan fingerprint density at radius 3 is 2.69 bits per heavy atom. The van der Waals surface area contributed by atoms with Crippen LogP contribution >= 0.6 is 11.3 Å². The Morgan fingerprint density at radius 1 is 1.54 bits per heavy atom. The summed E-state index contributed by atoms with van der Waals surface area (Å²) in [4.78, 5) is 23.3. The van der Waals surface area contributed by atoms with Crippen molar-refractivity contribution < 1.29 is 9.72 Å². The van der Waals surface area contributed by atoms with Gasteiger partial charge in [0, 0.05) is 19.2 Å². The number of thiophene rings is 1. The molecule has 1 fully saturated rings. The maximum Gasteiger partial charge on any atom is 0.324 e. The summed E-state index contributed by atoms with van der Waals surface area (Å²) in [6.45, 7) is 1.54. The molecule has 0 aliphatic carbocycles. The topological polar surface area (TPSA) is 63.2 Å². The molecule has 0 radical (unpaired) electrons. The Hall–Kier alpha value is -1.43. The Bertz CT molecular complexity index is 370. The highest BCUT2D eigenvalue weighted by molar-refractivity contribution is 7.17. The lowest BCUT2D eigenvalue weighted by atomic mass is 10.4. The number of rotatable bonds is 2. The molecule has 1 aliphatic heterocycles. The molecule has 0 spiro atoms. The first-order chi connectivity index (χ1) is 6.18. The van der Waals surface area contributed by atoms with Crippen molar-refractivity contribution in [2.45, 2.75) is 0 Å². The molecule has 5 nitrogen and oxygen atoms in total. The van der Waals surface area contributed by atoms with Crippen LogP contribution in [-0.2, 0) is 0 Å². The van der Waals surface area contributed by atoms with Crippen LogP contribution in [0.2, 0.25) is 0 Å². The number of amides is 1. The van der Waals surface area contributed by atoms with Crippen LogP contribution in [0, 0.1) is 10.1 Å². The fourth-order valence-electron chi connectivity index (χ4n) is 0.950. The number of carbonyl (C=O) groups is 1. The van der Waals surface area contributed by atoms with Gasteiger partial charge in [-0.25, -0.2) is 0 Å².